The maximum atomic E-state index is 10.8. The fraction of sp³-hybridized carbons (Fsp3) is 0.500. The first-order valence-corrected chi connectivity index (χ1v) is 7.10. The third-order valence-corrected chi connectivity index (χ3v) is 2.65. The van der Waals surface area contributed by atoms with E-state index in [2.05, 4.69) is 13.8 Å². The molecule has 4 heteroatoms. The molecule has 0 amide bonds. The summed E-state index contributed by atoms with van der Waals surface area (Å²) in [5.41, 5.74) is 2.14. The van der Waals surface area contributed by atoms with Gasteiger partial charge in [0.05, 0.1) is 12.9 Å². The molecule has 0 spiro atoms. The Labute approximate surface area is 97.6 Å². The van der Waals surface area contributed by atoms with Gasteiger partial charge in [0.2, 0.25) is 0 Å². The predicted octanol–water partition coefficient (Wildman–Crippen LogP) is 2.36. The number of rotatable bonds is 5. The van der Waals surface area contributed by atoms with Crippen molar-refractivity contribution < 1.29 is 12.6 Å². The molecule has 0 N–H and O–H groups in total. The Balaban J connectivity index is 2.58. The largest absolute Gasteiger partial charge is 0.265 e. The molecule has 0 aliphatic carbocycles. The van der Waals surface area contributed by atoms with Gasteiger partial charge in [-0.2, -0.15) is 8.42 Å². The molecular weight excluding hydrogens is 224 g/mol. The van der Waals surface area contributed by atoms with Gasteiger partial charge in [-0.3, -0.25) is 4.18 Å². The van der Waals surface area contributed by atoms with E-state index in [1.807, 2.05) is 24.3 Å². The molecule has 0 saturated heterocycles. The Kier molecular flexibility index (Phi) is 4.50. The highest BCUT2D eigenvalue weighted by atomic mass is 32.2. The first-order valence-electron chi connectivity index (χ1n) is 5.29. The van der Waals surface area contributed by atoms with E-state index < -0.39 is 10.1 Å². The van der Waals surface area contributed by atoms with Crippen molar-refractivity contribution >= 4 is 10.1 Å². The molecule has 0 atom stereocenters. The van der Waals surface area contributed by atoms with Crippen LogP contribution in [-0.4, -0.2) is 14.7 Å². The van der Waals surface area contributed by atoms with Crippen molar-refractivity contribution in [2.45, 2.75) is 26.9 Å². The molecule has 1 rings (SSSR count). The number of hydrogen-bond acceptors (Lipinski definition) is 3. The molecule has 3 nitrogen and oxygen atoms in total. The molecule has 0 unspecified atom stereocenters. The van der Waals surface area contributed by atoms with E-state index in [0.29, 0.717) is 5.92 Å². The van der Waals surface area contributed by atoms with Crippen LogP contribution in [0, 0.1) is 5.92 Å². The number of benzene rings is 1. The van der Waals surface area contributed by atoms with E-state index in [-0.39, 0.29) is 6.61 Å². The Bertz CT molecular complexity index is 418. The summed E-state index contributed by atoms with van der Waals surface area (Å²) in [5.74, 6) is 0.623. The van der Waals surface area contributed by atoms with Crippen LogP contribution in [-0.2, 0) is 27.3 Å². The van der Waals surface area contributed by atoms with E-state index in [1.54, 1.807) is 0 Å². The summed E-state index contributed by atoms with van der Waals surface area (Å²) < 4.78 is 26.3. The summed E-state index contributed by atoms with van der Waals surface area (Å²) in [7, 11) is -3.35. The molecule has 0 aliphatic rings. The van der Waals surface area contributed by atoms with Crippen LogP contribution >= 0.6 is 0 Å². The Morgan fingerprint density at radius 3 is 2.06 bits per heavy atom. The van der Waals surface area contributed by atoms with Gasteiger partial charge in [0.15, 0.2) is 0 Å². The molecule has 0 heterocycles. The molecule has 0 aromatic heterocycles. The van der Waals surface area contributed by atoms with Gasteiger partial charge in [-0.15, -0.1) is 0 Å². The maximum absolute atomic E-state index is 10.8. The van der Waals surface area contributed by atoms with Crippen molar-refractivity contribution in [1.29, 1.82) is 0 Å². The molecule has 0 aliphatic heterocycles. The first kappa shape index (κ1) is 13.2. The highest BCUT2D eigenvalue weighted by Crippen LogP contribution is 2.11. The van der Waals surface area contributed by atoms with Gasteiger partial charge in [0, 0.05) is 0 Å². The van der Waals surface area contributed by atoms with Crippen LogP contribution in [0.25, 0.3) is 0 Å². The van der Waals surface area contributed by atoms with Crippen LogP contribution in [0.15, 0.2) is 24.3 Å². The van der Waals surface area contributed by atoms with E-state index >= 15 is 0 Å². The van der Waals surface area contributed by atoms with Crippen LogP contribution in [0.5, 0.6) is 0 Å². The first-order chi connectivity index (χ1) is 7.37. The lowest BCUT2D eigenvalue weighted by Gasteiger charge is -2.06. The standard InChI is InChI=1S/C12H18O3S/c1-10(2)8-11-4-6-12(7-5-11)9-15-16(3,13)14/h4-7,10H,8-9H2,1-3H3. The van der Waals surface area contributed by atoms with Crippen LogP contribution in [0.1, 0.15) is 25.0 Å². The molecule has 0 bridgehead atoms. The Morgan fingerprint density at radius 1 is 1.12 bits per heavy atom. The molecule has 16 heavy (non-hydrogen) atoms. The molecule has 1 aromatic carbocycles. The van der Waals surface area contributed by atoms with Gasteiger partial charge < -0.3 is 0 Å². The quantitative estimate of drug-likeness (QED) is 0.744. The zero-order valence-electron chi connectivity index (χ0n) is 9.93. The summed E-state index contributed by atoms with van der Waals surface area (Å²) in [6, 6.07) is 7.84. The Morgan fingerprint density at radius 2 is 1.62 bits per heavy atom. The van der Waals surface area contributed by atoms with Crippen LogP contribution < -0.4 is 0 Å². The zero-order valence-corrected chi connectivity index (χ0v) is 10.8. The molecule has 90 valence electrons. The summed E-state index contributed by atoms with van der Waals surface area (Å²) in [4.78, 5) is 0. The second-order valence-corrected chi connectivity index (χ2v) is 6.02. The Hall–Kier alpha value is -0.870. The predicted molar refractivity (Wildman–Crippen MR) is 64.6 cm³/mol. The fourth-order valence-electron chi connectivity index (χ4n) is 1.42. The van der Waals surface area contributed by atoms with E-state index in [4.69, 9.17) is 4.18 Å². The minimum atomic E-state index is -3.35. The van der Waals surface area contributed by atoms with Crippen molar-refractivity contribution in [3.63, 3.8) is 0 Å². The van der Waals surface area contributed by atoms with E-state index in [0.717, 1.165) is 18.2 Å². The van der Waals surface area contributed by atoms with Gasteiger partial charge in [-0.25, -0.2) is 0 Å². The molecule has 0 radical (unpaired) electrons. The van der Waals surface area contributed by atoms with Crippen molar-refractivity contribution in [2.75, 3.05) is 6.26 Å². The monoisotopic (exact) mass is 242 g/mol. The van der Waals surface area contributed by atoms with Gasteiger partial charge >= 0.3 is 0 Å². The van der Waals surface area contributed by atoms with E-state index in [1.165, 1.54) is 5.56 Å². The van der Waals surface area contributed by atoms with Gasteiger partial charge in [-0.05, 0) is 23.5 Å². The number of hydrogen-bond donors (Lipinski definition) is 0. The topological polar surface area (TPSA) is 43.4 Å². The lowest BCUT2D eigenvalue weighted by molar-refractivity contribution is 0.311. The van der Waals surface area contributed by atoms with Crippen LogP contribution in [0.3, 0.4) is 0 Å². The average molecular weight is 242 g/mol. The smallest absolute Gasteiger partial charge is 0.264 e. The van der Waals surface area contributed by atoms with Crippen LogP contribution in [0.4, 0.5) is 0 Å². The summed E-state index contributed by atoms with van der Waals surface area (Å²) in [6.07, 6.45) is 2.09. The minimum Gasteiger partial charge on any atom is -0.265 e. The molecule has 0 saturated carbocycles. The van der Waals surface area contributed by atoms with Crippen molar-refractivity contribution in [3.8, 4) is 0 Å². The highest BCUT2D eigenvalue weighted by molar-refractivity contribution is 7.85. The van der Waals surface area contributed by atoms with Crippen molar-refractivity contribution in [3.05, 3.63) is 35.4 Å². The van der Waals surface area contributed by atoms with Crippen molar-refractivity contribution in [2.24, 2.45) is 5.92 Å². The summed E-state index contributed by atoms with van der Waals surface area (Å²) >= 11 is 0. The summed E-state index contributed by atoms with van der Waals surface area (Å²) in [5, 5.41) is 0. The lowest BCUT2D eigenvalue weighted by atomic mass is 10.0. The minimum absolute atomic E-state index is 0.112. The second-order valence-electron chi connectivity index (χ2n) is 4.38. The zero-order chi connectivity index (χ0) is 12.2. The van der Waals surface area contributed by atoms with Gasteiger partial charge in [-0.1, -0.05) is 38.1 Å². The van der Waals surface area contributed by atoms with E-state index in [9.17, 15) is 8.42 Å². The fourth-order valence-corrected chi connectivity index (χ4v) is 1.77. The molecule has 1 aromatic rings. The van der Waals surface area contributed by atoms with Crippen molar-refractivity contribution in [1.82, 2.24) is 0 Å². The van der Waals surface area contributed by atoms with Crippen LogP contribution in [0.2, 0.25) is 0 Å². The normalized spacial score (nSPS) is 12.0. The maximum Gasteiger partial charge on any atom is 0.264 e. The summed E-state index contributed by atoms with van der Waals surface area (Å²) in [6.45, 7) is 4.45. The average Bonchev–Trinajstić information content (AvgIpc) is 2.14. The SMILES string of the molecule is CC(C)Cc1ccc(COS(C)(=O)=O)cc1. The highest BCUT2D eigenvalue weighted by Gasteiger charge is 2.03. The van der Waals surface area contributed by atoms with Gasteiger partial charge in [0.25, 0.3) is 10.1 Å². The second kappa shape index (κ2) is 5.46. The van der Waals surface area contributed by atoms with Gasteiger partial charge in [0.1, 0.15) is 0 Å². The third-order valence-electron chi connectivity index (χ3n) is 2.11. The molecular formula is C12H18O3S. The molecule has 0 fully saturated rings. The lowest BCUT2D eigenvalue weighted by Crippen LogP contribution is -2.02. The third kappa shape index (κ3) is 5.28.